The normalized spacial score (nSPS) is 11.8. The number of benzene rings is 1. The standard InChI is InChI=1S/C17H29N3O/c1-6-20(12-17(4,5)11-18)10-16(21)19-15-9-13(2)7-8-14(15)3/h7-9H,6,10-12,18H2,1-5H3,(H,19,21). The fourth-order valence-corrected chi connectivity index (χ4v) is 2.21. The van der Waals surface area contributed by atoms with Crippen molar-refractivity contribution in [1.82, 2.24) is 4.90 Å². The second-order valence-corrected chi connectivity index (χ2v) is 6.54. The molecule has 0 atom stereocenters. The number of carbonyl (C=O) groups excluding carboxylic acids is 1. The molecule has 0 aliphatic rings. The summed E-state index contributed by atoms with van der Waals surface area (Å²) in [5, 5.41) is 3.01. The lowest BCUT2D eigenvalue weighted by Gasteiger charge is -2.30. The lowest BCUT2D eigenvalue weighted by Crippen LogP contribution is -2.42. The number of amides is 1. The number of hydrogen-bond donors (Lipinski definition) is 2. The van der Waals surface area contributed by atoms with Gasteiger partial charge in [0.25, 0.3) is 0 Å². The smallest absolute Gasteiger partial charge is 0.238 e. The minimum Gasteiger partial charge on any atom is -0.330 e. The Kier molecular flexibility index (Phi) is 6.37. The predicted molar refractivity (Wildman–Crippen MR) is 89.5 cm³/mol. The van der Waals surface area contributed by atoms with Gasteiger partial charge in [-0.1, -0.05) is 32.9 Å². The van der Waals surface area contributed by atoms with E-state index in [1.54, 1.807) is 0 Å². The van der Waals surface area contributed by atoms with Crippen LogP contribution in [0.5, 0.6) is 0 Å². The zero-order chi connectivity index (χ0) is 16.0. The van der Waals surface area contributed by atoms with Gasteiger partial charge < -0.3 is 11.1 Å². The lowest BCUT2D eigenvalue weighted by molar-refractivity contribution is -0.117. The Morgan fingerprint density at radius 3 is 2.57 bits per heavy atom. The fraction of sp³-hybridized carbons (Fsp3) is 0.588. The first kappa shape index (κ1) is 17.7. The number of likely N-dealkylation sites (N-methyl/N-ethyl adjacent to an activating group) is 1. The molecule has 0 saturated carbocycles. The van der Waals surface area contributed by atoms with Gasteiger partial charge in [-0.05, 0) is 49.5 Å². The van der Waals surface area contributed by atoms with Crippen LogP contribution in [-0.2, 0) is 4.79 Å². The number of aryl methyl sites for hydroxylation is 2. The van der Waals surface area contributed by atoms with Gasteiger partial charge in [0.15, 0.2) is 0 Å². The van der Waals surface area contributed by atoms with E-state index >= 15 is 0 Å². The predicted octanol–water partition coefficient (Wildman–Crippen LogP) is 2.55. The van der Waals surface area contributed by atoms with E-state index < -0.39 is 0 Å². The second kappa shape index (κ2) is 7.57. The molecule has 0 unspecified atom stereocenters. The van der Waals surface area contributed by atoms with Crippen molar-refractivity contribution in [2.24, 2.45) is 11.1 Å². The molecule has 3 N–H and O–H groups in total. The maximum atomic E-state index is 12.2. The van der Waals surface area contributed by atoms with Gasteiger partial charge in [-0.25, -0.2) is 0 Å². The van der Waals surface area contributed by atoms with Crippen LogP contribution in [0.15, 0.2) is 18.2 Å². The fourth-order valence-electron chi connectivity index (χ4n) is 2.21. The summed E-state index contributed by atoms with van der Waals surface area (Å²) in [5.41, 5.74) is 8.92. The summed E-state index contributed by atoms with van der Waals surface area (Å²) < 4.78 is 0. The van der Waals surface area contributed by atoms with Crippen LogP contribution in [0.4, 0.5) is 5.69 Å². The highest BCUT2D eigenvalue weighted by Crippen LogP contribution is 2.17. The number of nitrogens with one attached hydrogen (secondary N) is 1. The average molecular weight is 291 g/mol. The van der Waals surface area contributed by atoms with Crippen molar-refractivity contribution in [3.8, 4) is 0 Å². The van der Waals surface area contributed by atoms with Crippen LogP contribution >= 0.6 is 0 Å². The van der Waals surface area contributed by atoms with Crippen LogP contribution in [0, 0.1) is 19.3 Å². The third kappa shape index (κ3) is 5.86. The average Bonchev–Trinajstić information content (AvgIpc) is 2.42. The molecule has 0 bridgehead atoms. The first-order chi connectivity index (χ1) is 9.77. The van der Waals surface area contributed by atoms with E-state index in [-0.39, 0.29) is 11.3 Å². The van der Waals surface area contributed by atoms with Crippen molar-refractivity contribution in [2.45, 2.75) is 34.6 Å². The number of hydrogen-bond acceptors (Lipinski definition) is 3. The molecule has 0 aliphatic heterocycles. The molecule has 0 heterocycles. The van der Waals surface area contributed by atoms with Gasteiger partial charge >= 0.3 is 0 Å². The molecule has 0 fully saturated rings. The van der Waals surface area contributed by atoms with Crippen LogP contribution in [0.25, 0.3) is 0 Å². The molecule has 0 aromatic heterocycles. The van der Waals surface area contributed by atoms with Crippen molar-refractivity contribution < 1.29 is 4.79 Å². The van der Waals surface area contributed by atoms with Crippen LogP contribution in [0.1, 0.15) is 31.9 Å². The van der Waals surface area contributed by atoms with E-state index in [1.165, 1.54) is 0 Å². The second-order valence-electron chi connectivity index (χ2n) is 6.54. The maximum Gasteiger partial charge on any atom is 0.238 e. The van der Waals surface area contributed by atoms with E-state index in [4.69, 9.17) is 5.73 Å². The summed E-state index contributed by atoms with van der Waals surface area (Å²) in [6.45, 7) is 13.0. The van der Waals surface area contributed by atoms with Gasteiger partial charge in [0.2, 0.25) is 5.91 Å². The summed E-state index contributed by atoms with van der Waals surface area (Å²) in [7, 11) is 0. The van der Waals surface area contributed by atoms with Crippen LogP contribution in [0.3, 0.4) is 0 Å². The molecular formula is C17H29N3O. The van der Waals surface area contributed by atoms with Gasteiger partial charge in [-0.3, -0.25) is 9.69 Å². The van der Waals surface area contributed by atoms with Crippen LogP contribution in [0.2, 0.25) is 0 Å². The van der Waals surface area contributed by atoms with E-state index in [0.29, 0.717) is 13.1 Å². The van der Waals surface area contributed by atoms with Gasteiger partial charge in [-0.15, -0.1) is 0 Å². The lowest BCUT2D eigenvalue weighted by atomic mass is 9.93. The molecule has 1 rings (SSSR count). The molecule has 1 aromatic rings. The zero-order valence-corrected chi connectivity index (χ0v) is 14.0. The Morgan fingerprint density at radius 1 is 1.33 bits per heavy atom. The molecule has 4 nitrogen and oxygen atoms in total. The van der Waals surface area contributed by atoms with Crippen LogP contribution < -0.4 is 11.1 Å². The SMILES string of the molecule is CCN(CC(=O)Nc1cc(C)ccc1C)CC(C)(C)CN. The van der Waals surface area contributed by atoms with E-state index in [0.717, 1.165) is 29.9 Å². The Bertz CT molecular complexity index is 483. The number of carbonyl (C=O) groups is 1. The van der Waals surface area contributed by atoms with Crippen molar-refractivity contribution in [3.05, 3.63) is 29.3 Å². The molecule has 0 radical (unpaired) electrons. The first-order valence-corrected chi connectivity index (χ1v) is 7.57. The van der Waals surface area contributed by atoms with Crippen molar-refractivity contribution in [1.29, 1.82) is 0 Å². The summed E-state index contributed by atoms with van der Waals surface area (Å²) in [5.74, 6) is 0.0263. The Balaban J connectivity index is 2.65. The van der Waals surface area contributed by atoms with Crippen molar-refractivity contribution in [3.63, 3.8) is 0 Å². The third-order valence-corrected chi connectivity index (χ3v) is 3.69. The molecule has 118 valence electrons. The highest BCUT2D eigenvalue weighted by Gasteiger charge is 2.21. The minimum atomic E-state index is 0.0234. The summed E-state index contributed by atoms with van der Waals surface area (Å²) >= 11 is 0. The number of nitrogens with two attached hydrogens (primary N) is 1. The first-order valence-electron chi connectivity index (χ1n) is 7.57. The highest BCUT2D eigenvalue weighted by molar-refractivity contribution is 5.93. The molecule has 21 heavy (non-hydrogen) atoms. The quantitative estimate of drug-likeness (QED) is 0.811. The van der Waals surface area contributed by atoms with Gasteiger partial charge in [0.1, 0.15) is 0 Å². The third-order valence-electron chi connectivity index (χ3n) is 3.69. The number of anilines is 1. The summed E-state index contributed by atoms with van der Waals surface area (Å²) in [6, 6.07) is 6.08. The molecule has 4 heteroatoms. The van der Waals surface area contributed by atoms with Crippen molar-refractivity contribution in [2.75, 3.05) is 31.5 Å². The highest BCUT2D eigenvalue weighted by atomic mass is 16.2. The summed E-state index contributed by atoms with van der Waals surface area (Å²) in [4.78, 5) is 14.4. The van der Waals surface area contributed by atoms with Gasteiger partial charge in [-0.2, -0.15) is 0 Å². The largest absolute Gasteiger partial charge is 0.330 e. The molecular weight excluding hydrogens is 262 g/mol. The van der Waals surface area contributed by atoms with Crippen molar-refractivity contribution >= 4 is 11.6 Å². The molecule has 0 saturated heterocycles. The van der Waals surface area contributed by atoms with Gasteiger partial charge in [0, 0.05) is 12.2 Å². The maximum absolute atomic E-state index is 12.2. The Morgan fingerprint density at radius 2 is 2.00 bits per heavy atom. The molecule has 1 amide bonds. The van der Waals surface area contributed by atoms with E-state index in [9.17, 15) is 4.79 Å². The topological polar surface area (TPSA) is 58.4 Å². The molecule has 0 spiro atoms. The van der Waals surface area contributed by atoms with E-state index in [2.05, 4.69) is 31.0 Å². The molecule has 1 aromatic carbocycles. The minimum absolute atomic E-state index is 0.0234. The van der Waals surface area contributed by atoms with E-state index in [1.807, 2.05) is 32.0 Å². The summed E-state index contributed by atoms with van der Waals surface area (Å²) in [6.07, 6.45) is 0. The zero-order valence-electron chi connectivity index (χ0n) is 14.0. The van der Waals surface area contributed by atoms with Gasteiger partial charge in [0.05, 0.1) is 6.54 Å². The monoisotopic (exact) mass is 291 g/mol. The molecule has 0 aliphatic carbocycles. The number of nitrogens with zero attached hydrogens (tertiary/aromatic N) is 1. The van der Waals surface area contributed by atoms with Crippen LogP contribution in [-0.4, -0.2) is 37.0 Å². The Labute approximate surface area is 128 Å². The number of rotatable bonds is 7. The Hall–Kier alpha value is -1.39.